The zero-order valence-corrected chi connectivity index (χ0v) is 16.1. The molecule has 1 fully saturated rings. The fourth-order valence-electron chi connectivity index (χ4n) is 3.20. The van der Waals surface area contributed by atoms with Gasteiger partial charge in [-0.25, -0.2) is 9.97 Å². The van der Waals surface area contributed by atoms with Gasteiger partial charge in [-0.3, -0.25) is 9.89 Å². The molecule has 1 saturated heterocycles. The lowest BCUT2D eigenvalue weighted by atomic mass is 10.2. The van der Waals surface area contributed by atoms with E-state index in [1.54, 1.807) is 7.05 Å². The van der Waals surface area contributed by atoms with Crippen LogP contribution in [-0.4, -0.2) is 52.3 Å². The van der Waals surface area contributed by atoms with Crippen molar-refractivity contribution in [2.24, 2.45) is 0 Å². The van der Waals surface area contributed by atoms with Gasteiger partial charge in [-0.05, 0) is 39.7 Å². The Morgan fingerprint density at radius 1 is 1.23 bits per heavy atom. The van der Waals surface area contributed by atoms with Crippen LogP contribution in [0.4, 0.5) is 5.82 Å². The van der Waals surface area contributed by atoms with Gasteiger partial charge in [0.1, 0.15) is 5.82 Å². The molecule has 2 aromatic heterocycles. The van der Waals surface area contributed by atoms with Gasteiger partial charge in [-0.15, -0.1) is 0 Å². The number of hydrogen-bond donors (Lipinski definition) is 3. The van der Waals surface area contributed by atoms with Gasteiger partial charge in [0.05, 0.1) is 5.69 Å². The lowest BCUT2D eigenvalue weighted by Gasteiger charge is -2.21. The zero-order valence-electron chi connectivity index (χ0n) is 16.1. The van der Waals surface area contributed by atoms with Crippen molar-refractivity contribution in [3.63, 3.8) is 0 Å². The molecule has 0 spiro atoms. The highest BCUT2D eigenvalue weighted by Gasteiger charge is 2.26. The van der Waals surface area contributed by atoms with Gasteiger partial charge < -0.3 is 15.5 Å². The SMILES string of the molecule is CNC(=O)c1nc(C)c(C)c(N2CC[C@@H](NCc3n[nH]c(C)c3C)C2)n1. The summed E-state index contributed by atoms with van der Waals surface area (Å²) < 4.78 is 0. The summed E-state index contributed by atoms with van der Waals surface area (Å²) in [6, 6.07) is 0.365. The third-order valence-corrected chi connectivity index (χ3v) is 5.19. The van der Waals surface area contributed by atoms with Crippen molar-refractivity contribution in [2.45, 2.75) is 46.7 Å². The number of carbonyl (C=O) groups is 1. The van der Waals surface area contributed by atoms with Gasteiger partial charge in [0.15, 0.2) is 0 Å². The van der Waals surface area contributed by atoms with E-state index in [9.17, 15) is 4.79 Å². The molecule has 1 atom stereocenters. The van der Waals surface area contributed by atoms with Crippen LogP contribution in [0, 0.1) is 27.7 Å². The van der Waals surface area contributed by atoms with E-state index < -0.39 is 0 Å². The molecule has 3 rings (SSSR count). The van der Waals surface area contributed by atoms with Gasteiger partial charge in [-0.1, -0.05) is 0 Å². The van der Waals surface area contributed by atoms with Gasteiger partial charge in [-0.2, -0.15) is 5.10 Å². The van der Waals surface area contributed by atoms with Crippen molar-refractivity contribution in [1.82, 2.24) is 30.8 Å². The van der Waals surface area contributed by atoms with E-state index in [0.29, 0.717) is 6.04 Å². The van der Waals surface area contributed by atoms with Crippen LogP contribution >= 0.6 is 0 Å². The maximum atomic E-state index is 11.9. The average molecular weight is 357 g/mol. The summed E-state index contributed by atoms with van der Waals surface area (Å²) in [5.41, 5.74) is 5.26. The Bertz CT molecular complexity index is 814. The van der Waals surface area contributed by atoms with Crippen molar-refractivity contribution < 1.29 is 4.79 Å². The van der Waals surface area contributed by atoms with E-state index in [4.69, 9.17) is 0 Å². The molecule has 0 radical (unpaired) electrons. The number of amides is 1. The molecule has 8 nitrogen and oxygen atoms in total. The maximum Gasteiger partial charge on any atom is 0.288 e. The van der Waals surface area contributed by atoms with Crippen molar-refractivity contribution in [3.8, 4) is 0 Å². The monoisotopic (exact) mass is 357 g/mol. The molecule has 1 aliphatic rings. The summed E-state index contributed by atoms with van der Waals surface area (Å²) in [4.78, 5) is 23.0. The average Bonchev–Trinajstić information content (AvgIpc) is 3.22. The molecule has 1 amide bonds. The molecular formula is C18H27N7O. The summed E-state index contributed by atoms with van der Waals surface area (Å²) in [7, 11) is 1.59. The van der Waals surface area contributed by atoms with Gasteiger partial charge in [0.25, 0.3) is 5.91 Å². The fourth-order valence-corrected chi connectivity index (χ4v) is 3.20. The van der Waals surface area contributed by atoms with Gasteiger partial charge in [0, 0.05) is 49.7 Å². The highest BCUT2D eigenvalue weighted by Crippen LogP contribution is 2.24. The first-order chi connectivity index (χ1) is 12.4. The van der Waals surface area contributed by atoms with Crippen molar-refractivity contribution in [2.75, 3.05) is 25.0 Å². The van der Waals surface area contributed by atoms with Crippen LogP contribution in [0.5, 0.6) is 0 Å². The Hall–Kier alpha value is -2.48. The van der Waals surface area contributed by atoms with Crippen LogP contribution < -0.4 is 15.5 Å². The predicted octanol–water partition coefficient (Wildman–Crippen LogP) is 1.16. The lowest BCUT2D eigenvalue weighted by molar-refractivity contribution is 0.0952. The molecule has 0 bridgehead atoms. The number of nitrogens with zero attached hydrogens (tertiary/aromatic N) is 4. The third kappa shape index (κ3) is 3.55. The smallest absolute Gasteiger partial charge is 0.288 e. The second-order valence-electron chi connectivity index (χ2n) is 6.89. The molecule has 0 saturated carbocycles. The minimum Gasteiger partial charge on any atom is -0.355 e. The van der Waals surface area contributed by atoms with E-state index in [1.807, 2.05) is 20.8 Å². The Balaban J connectivity index is 1.69. The molecule has 140 valence electrons. The van der Waals surface area contributed by atoms with E-state index >= 15 is 0 Å². The van der Waals surface area contributed by atoms with Crippen LogP contribution in [0.3, 0.4) is 0 Å². The predicted molar refractivity (Wildman–Crippen MR) is 100 cm³/mol. The van der Waals surface area contributed by atoms with Gasteiger partial charge >= 0.3 is 0 Å². The first kappa shape index (κ1) is 18.3. The van der Waals surface area contributed by atoms with E-state index in [2.05, 4.69) is 42.6 Å². The fraction of sp³-hybridized carbons (Fsp3) is 0.556. The van der Waals surface area contributed by atoms with E-state index in [-0.39, 0.29) is 11.7 Å². The number of aromatic nitrogens is 4. The Morgan fingerprint density at radius 3 is 2.65 bits per heavy atom. The molecule has 2 aromatic rings. The minimum atomic E-state index is -0.257. The maximum absolute atomic E-state index is 11.9. The van der Waals surface area contributed by atoms with Crippen LogP contribution in [0.25, 0.3) is 0 Å². The Morgan fingerprint density at radius 2 is 2.00 bits per heavy atom. The van der Waals surface area contributed by atoms with E-state index in [0.717, 1.165) is 54.5 Å². The largest absolute Gasteiger partial charge is 0.355 e. The highest BCUT2D eigenvalue weighted by atomic mass is 16.2. The van der Waals surface area contributed by atoms with Crippen LogP contribution in [-0.2, 0) is 6.54 Å². The van der Waals surface area contributed by atoms with Crippen molar-refractivity contribution >= 4 is 11.7 Å². The number of hydrogen-bond acceptors (Lipinski definition) is 6. The van der Waals surface area contributed by atoms with Crippen LogP contribution in [0.1, 0.15) is 45.2 Å². The molecular weight excluding hydrogens is 330 g/mol. The molecule has 0 aliphatic carbocycles. The number of anilines is 1. The molecule has 0 unspecified atom stereocenters. The Kier molecular flexibility index (Phi) is 5.22. The number of nitrogens with one attached hydrogen (secondary N) is 3. The zero-order chi connectivity index (χ0) is 18.8. The molecule has 3 N–H and O–H groups in total. The molecule has 8 heteroatoms. The standard InChI is InChI=1S/C18H27N7O/c1-10-13(4)23-24-15(10)8-20-14-6-7-25(9-14)17-11(2)12(3)21-16(22-17)18(26)19-5/h14,20H,6-9H2,1-5H3,(H,19,26)(H,23,24)/t14-/m1/s1. The first-order valence-electron chi connectivity index (χ1n) is 8.96. The molecule has 26 heavy (non-hydrogen) atoms. The quantitative estimate of drug-likeness (QED) is 0.743. The van der Waals surface area contributed by atoms with Crippen LogP contribution in [0.2, 0.25) is 0 Å². The summed E-state index contributed by atoms with van der Waals surface area (Å²) in [5, 5.41) is 13.6. The summed E-state index contributed by atoms with van der Waals surface area (Å²) in [6.07, 6.45) is 1.03. The molecule has 0 aromatic carbocycles. The topological polar surface area (TPSA) is 98.8 Å². The number of aromatic amines is 1. The summed E-state index contributed by atoms with van der Waals surface area (Å²) >= 11 is 0. The van der Waals surface area contributed by atoms with Crippen LogP contribution in [0.15, 0.2) is 0 Å². The van der Waals surface area contributed by atoms with Crippen molar-refractivity contribution in [1.29, 1.82) is 0 Å². The van der Waals surface area contributed by atoms with E-state index in [1.165, 1.54) is 5.56 Å². The lowest BCUT2D eigenvalue weighted by Crippen LogP contribution is -2.33. The Labute approximate surface area is 153 Å². The summed E-state index contributed by atoms with van der Waals surface area (Å²) in [6.45, 7) is 10.6. The van der Waals surface area contributed by atoms with Gasteiger partial charge in [0.2, 0.25) is 5.82 Å². The number of aryl methyl sites for hydroxylation is 2. The normalized spacial score (nSPS) is 17.0. The van der Waals surface area contributed by atoms with Crippen molar-refractivity contribution in [3.05, 3.63) is 34.0 Å². The summed E-state index contributed by atoms with van der Waals surface area (Å²) in [5.74, 6) is 0.824. The second kappa shape index (κ2) is 7.41. The number of carbonyl (C=O) groups excluding carboxylic acids is 1. The minimum absolute atomic E-state index is 0.227. The first-order valence-corrected chi connectivity index (χ1v) is 8.96. The number of H-pyrrole nitrogens is 1. The second-order valence-corrected chi connectivity index (χ2v) is 6.89. The third-order valence-electron chi connectivity index (χ3n) is 5.19. The molecule has 3 heterocycles. The highest BCUT2D eigenvalue weighted by molar-refractivity contribution is 5.90. The molecule has 1 aliphatic heterocycles. The number of rotatable bonds is 5.